The van der Waals surface area contributed by atoms with Gasteiger partial charge in [-0.05, 0) is 25.7 Å². The third-order valence-corrected chi connectivity index (χ3v) is 6.48. The van der Waals surface area contributed by atoms with Gasteiger partial charge >= 0.3 is 11.9 Å². The van der Waals surface area contributed by atoms with Crippen molar-refractivity contribution < 1.29 is 58.8 Å². The van der Waals surface area contributed by atoms with Gasteiger partial charge in [0.05, 0.1) is 19.3 Å². The van der Waals surface area contributed by atoms with Gasteiger partial charge in [0, 0.05) is 12.8 Å². The van der Waals surface area contributed by atoms with E-state index in [0.29, 0.717) is 6.42 Å². The minimum atomic E-state index is -1.66. The highest BCUT2D eigenvalue weighted by Gasteiger charge is 2.33. The van der Waals surface area contributed by atoms with Gasteiger partial charge in [0.1, 0.15) is 30.2 Å². The van der Waals surface area contributed by atoms with E-state index >= 15 is 0 Å². The number of hydrogen-bond acceptors (Lipinski definition) is 11. The fraction of sp³-hybridized carbons (Fsp3) is 0.680. The summed E-state index contributed by atoms with van der Waals surface area (Å²) in [6, 6.07) is -8.66. The summed E-state index contributed by atoms with van der Waals surface area (Å²) in [6.07, 6.45) is -0.965. The van der Waals surface area contributed by atoms with E-state index in [0.717, 1.165) is 0 Å². The topological polar surface area (TPSA) is 330 Å². The Morgan fingerprint density at radius 1 is 0.659 bits per heavy atom. The van der Waals surface area contributed by atoms with Crippen molar-refractivity contribution in [2.45, 2.75) is 89.1 Å². The average Bonchev–Trinajstić information content (AvgIpc) is 2.96. The van der Waals surface area contributed by atoms with Crippen LogP contribution in [0.25, 0.3) is 0 Å². The van der Waals surface area contributed by atoms with Gasteiger partial charge in [0.15, 0.2) is 0 Å². The van der Waals surface area contributed by atoms with Crippen molar-refractivity contribution in [1.29, 1.82) is 0 Å². The Balaban J connectivity index is 5.66. The molecular formula is C25H43N7O12. The van der Waals surface area contributed by atoms with Crippen molar-refractivity contribution in [3.05, 3.63) is 0 Å². The molecule has 0 aliphatic heterocycles. The zero-order valence-corrected chi connectivity index (χ0v) is 24.7. The standard InChI is InChI=1S/C25H43N7O12/c1-4-11(2)19(32-21(39)13(26)5-8-18(36)37)24(42)30-15(9-33)23(41)29-14(6-7-17(27)35)22(40)28-12(3)20(38)31-16(10-34)25(43)44/h11-16,19,33-34H,4-10,26H2,1-3H3,(H2,27,35)(H,28,40)(H,29,41)(H,30,42)(H,31,38)(H,32,39)(H,36,37)(H,43,44)/t11-,12-,13-,14-,15-,16-,19-/m0/s1. The Hall–Kier alpha value is -4.36. The Morgan fingerprint density at radius 3 is 1.66 bits per heavy atom. The molecule has 13 N–H and O–H groups in total. The first-order valence-corrected chi connectivity index (χ1v) is 13.7. The number of aliphatic hydroxyl groups excluding tert-OH is 2. The van der Waals surface area contributed by atoms with Crippen LogP contribution in [0.1, 0.15) is 52.9 Å². The molecule has 0 aromatic rings. The smallest absolute Gasteiger partial charge is 0.328 e. The Labute approximate surface area is 252 Å². The number of nitrogens with two attached hydrogens (primary N) is 2. The molecular weight excluding hydrogens is 590 g/mol. The second-order valence-corrected chi connectivity index (χ2v) is 10.0. The van der Waals surface area contributed by atoms with Crippen LogP contribution in [-0.4, -0.2) is 117 Å². The number of nitrogens with one attached hydrogen (secondary N) is 5. The average molecular weight is 634 g/mol. The zero-order valence-electron chi connectivity index (χ0n) is 24.7. The van der Waals surface area contributed by atoms with Crippen molar-refractivity contribution in [3.63, 3.8) is 0 Å². The van der Waals surface area contributed by atoms with Crippen LogP contribution in [0.2, 0.25) is 0 Å². The third kappa shape index (κ3) is 14.2. The highest BCUT2D eigenvalue weighted by atomic mass is 16.4. The Bertz CT molecular complexity index is 1060. The summed E-state index contributed by atoms with van der Waals surface area (Å²) in [5, 5.41) is 47.8. The molecule has 0 spiro atoms. The minimum Gasteiger partial charge on any atom is -0.481 e. The molecule has 0 saturated carbocycles. The van der Waals surface area contributed by atoms with E-state index in [4.69, 9.17) is 26.8 Å². The van der Waals surface area contributed by atoms with Crippen molar-refractivity contribution in [3.8, 4) is 0 Å². The molecule has 0 aliphatic rings. The molecule has 0 bridgehead atoms. The first kappa shape index (κ1) is 39.6. The molecule has 0 aliphatic carbocycles. The van der Waals surface area contributed by atoms with Crippen LogP contribution in [-0.2, 0) is 38.4 Å². The van der Waals surface area contributed by atoms with E-state index < -0.39 is 109 Å². The molecule has 0 radical (unpaired) electrons. The van der Waals surface area contributed by atoms with Gasteiger partial charge in [0.25, 0.3) is 0 Å². The van der Waals surface area contributed by atoms with E-state index in [-0.39, 0.29) is 19.3 Å². The quantitative estimate of drug-likeness (QED) is 0.0565. The maximum atomic E-state index is 13.1. The summed E-state index contributed by atoms with van der Waals surface area (Å²) in [6.45, 7) is 2.63. The van der Waals surface area contributed by atoms with E-state index in [2.05, 4.69) is 21.3 Å². The predicted molar refractivity (Wildman–Crippen MR) is 150 cm³/mol. The summed E-state index contributed by atoms with van der Waals surface area (Å²) in [7, 11) is 0. The van der Waals surface area contributed by atoms with Crippen molar-refractivity contribution >= 4 is 47.4 Å². The molecule has 7 atom stereocenters. The lowest BCUT2D eigenvalue weighted by Gasteiger charge is -2.28. The van der Waals surface area contributed by atoms with E-state index in [9.17, 15) is 43.5 Å². The van der Waals surface area contributed by atoms with Crippen molar-refractivity contribution in [2.75, 3.05) is 13.2 Å². The van der Waals surface area contributed by atoms with Gasteiger partial charge in [-0.25, -0.2) is 4.79 Å². The van der Waals surface area contributed by atoms with Crippen LogP contribution in [0.3, 0.4) is 0 Å². The molecule has 44 heavy (non-hydrogen) atoms. The maximum Gasteiger partial charge on any atom is 0.328 e. The maximum absolute atomic E-state index is 13.1. The second kappa shape index (κ2) is 19.8. The molecule has 0 rings (SSSR count). The molecule has 0 saturated heterocycles. The SMILES string of the molecule is CC[C@H](C)[C@H](NC(=O)[C@@H](N)CCC(=O)O)C(=O)N[C@@H](CO)C(=O)N[C@@H](CCC(N)=O)C(=O)N[C@@H](C)C(=O)N[C@@H](CO)C(=O)O. The van der Waals surface area contributed by atoms with Crippen LogP contribution in [0, 0.1) is 5.92 Å². The molecule has 0 heterocycles. The van der Waals surface area contributed by atoms with Gasteiger partial charge in [-0.3, -0.25) is 33.6 Å². The van der Waals surface area contributed by atoms with Crippen molar-refractivity contribution in [1.82, 2.24) is 26.6 Å². The van der Waals surface area contributed by atoms with E-state index in [1.54, 1.807) is 13.8 Å². The van der Waals surface area contributed by atoms with Crippen LogP contribution in [0.5, 0.6) is 0 Å². The van der Waals surface area contributed by atoms with Gasteiger partial charge < -0.3 is 58.5 Å². The minimum absolute atomic E-state index is 0.200. The molecule has 0 aromatic carbocycles. The monoisotopic (exact) mass is 633 g/mol. The molecule has 19 heteroatoms. The van der Waals surface area contributed by atoms with Gasteiger partial charge in [-0.1, -0.05) is 20.3 Å². The van der Waals surface area contributed by atoms with Crippen LogP contribution >= 0.6 is 0 Å². The fourth-order valence-electron chi connectivity index (χ4n) is 3.52. The Kier molecular flexibility index (Phi) is 17.8. The molecule has 0 fully saturated rings. The number of primary amides is 1. The highest BCUT2D eigenvalue weighted by molar-refractivity contribution is 5.96. The van der Waals surface area contributed by atoms with Crippen LogP contribution < -0.4 is 38.1 Å². The molecule has 250 valence electrons. The second-order valence-electron chi connectivity index (χ2n) is 10.0. The van der Waals surface area contributed by atoms with E-state index in [1.807, 2.05) is 5.32 Å². The number of amides is 6. The number of carboxylic acid groups (broad SMARTS) is 2. The van der Waals surface area contributed by atoms with Gasteiger partial charge in [-0.2, -0.15) is 0 Å². The summed E-state index contributed by atoms with van der Waals surface area (Å²) in [4.78, 5) is 96.8. The number of rotatable bonds is 21. The van der Waals surface area contributed by atoms with E-state index in [1.165, 1.54) is 6.92 Å². The lowest BCUT2D eigenvalue weighted by molar-refractivity contribution is -0.143. The summed E-state index contributed by atoms with van der Waals surface area (Å²) in [5.74, 6) is -8.81. The number of aliphatic hydroxyl groups is 2. The van der Waals surface area contributed by atoms with Gasteiger partial charge in [0.2, 0.25) is 35.4 Å². The highest BCUT2D eigenvalue weighted by Crippen LogP contribution is 2.10. The molecule has 0 unspecified atom stereocenters. The number of hydrogen-bond donors (Lipinski definition) is 11. The molecule has 6 amide bonds. The first-order valence-electron chi connectivity index (χ1n) is 13.7. The summed E-state index contributed by atoms with van der Waals surface area (Å²) in [5.41, 5.74) is 10.9. The predicted octanol–water partition coefficient (Wildman–Crippen LogP) is -5.00. The number of carbonyl (C=O) groups is 8. The van der Waals surface area contributed by atoms with Crippen LogP contribution in [0.15, 0.2) is 0 Å². The number of carbonyl (C=O) groups excluding carboxylic acids is 6. The zero-order chi connectivity index (χ0) is 34.1. The number of carboxylic acids is 2. The number of aliphatic carboxylic acids is 2. The van der Waals surface area contributed by atoms with Gasteiger partial charge in [-0.15, -0.1) is 0 Å². The first-order chi connectivity index (χ1) is 20.5. The lowest BCUT2D eigenvalue weighted by Crippen LogP contribution is -2.60. The fourth-order valence-corrected chi connectivity index (χ4v) is 3.52. The Morgan fingerprint density at radius 2 is 1.18 bits per heavy atom. The van der Waals surface area contributed by atoms with Crippen molar-refractivity contribution in [2.24, 2.45) is 17.4 Å². The summed E-state index contributed by atoms with van der Waals surface area (Å²) < 4.78 is 0. The molecule has 0 aromatic heterocycles. The molecule has 19 nitrogen and oxygen atoms in total. The lowest BCUT2D eigenvalue weighted by atomic mass is 9.97. The normalized spacial score (nSPS) is 15.6. The van der Waals surface area contributed by atoms with Crippen LogP contribution in [0.4, 0.5) is 0 Å². The summed E-state index contributed by atoms with van der Waals surface area (Å²) >= 11 is 0. The largest absolute Gasteiger partial charge is 0.481 e. The third-order valence-electron chi connectivity index (χ3n) is 6.48.